The third kappa shape index (κ3) is 1.24. The predicted octanol–water partition coefficient (Wildman–Crippen LogP) is 0.865. The minimum Gasteiger partial charge on any atom is -0.490 e. The zero-order chi connectivity index (χ0) is 10.1. The first kappa shape index (κ1) is 9.02. The molecule has 0 fully saturated rings. The van der Waals surface area contributed by atoms with Crippen LogP contribution in [0.4, 0.5) is 0 Å². The van der Waals surface area contributed by atoms with E-state index in [-0.39, 0.29) is 6.04 Å². The maximum atomic E-state index is 11.3. The number of carbonyl (C=O) groups is 1. The summed E-state index contributed by atoms with van der Waals surface area (Å²) in [4.78, 5) is 11.3. The molecule has 0 aromatic heterocycles. The van der Waals surface area contributed by atoms with Crippen LogP contribution in [0.5, 0.6) is 5.75 Å². The van der Waals surface area contributed by atoms with Gasteiger partial charge in [0.05, 0.1) is 13.2 Å². The lowest BCUT2D eigenvalue weighted by molar-refractivity contribution is 0.0597. The quantitative estimate of drug-likeness (QED) is 0.672. The van der Waals surface area contributed by atoms with Gasteiger partial charge >= 0.3 is 5.97 Å². The van der Waals surface area contributed by atoms with Gasteiger partial charge in [-0.1, -0.05) is 12.1 Å². The van der Waals surface area contributed by atoms with Crippen molar-refractivity contribution in [1.82, 2.24) is 0 Å². The van der Waals surface area contributed by atoms with Crippen molar-refractivity contribution in [3.63, 3.8) is 0 Å². The first-order valence-electron chi connectivity index (χ1n) is 4.33. The highest BCUT2D eigenvalue weighted by Crippen LogP contribution is 2.34. The van der Waals surface area contributed by atoms with Crippen molar-refractivity contribution in [2.45, 2.75) is 6.04 Å². The molecule has 2 rings (SSSR count). The van der Waals surface area contributed by atoms with Gasteiger partial charge in [0.15, 0.2) is 0 Å². The summed E-state index contributed by atoms with van der Waals surface area (Å²) in [5.74, 6) is 0.169. The maximum Gasteiger partial charge on any atom is 0.341 e. The van der Waals surface area contributed by atoms with Gasteiger partial charge in [0.2, 0.25) is 0 Å². The SMILES string of the molecule is COC(=O)c1cccc2c1OCC2N. The van der Waals surface area contributed by atoms with Crippen LogP contribution in [0.3, 0.4) is 0 Å². The van der Waals surface area contributed by atoms with E-state index >= 15 is 0 Å². The summed E-state index contributed by atoms with van der Waals surface area (Å²) in [6, 6.07) is 5.16. The highest BCUT2D eigenvalue weighted by Gasteiger charge is 2.25. The number of benzene rings is 1. The van der Waals surface area contributed by atoms with Gasteiger partial charge in [0.1, 0.15) is 17.9 Å². The van der Waals surface area contributed by atoms with Crippen LogP contribution < -0.4 is 10.5 Å². The number of hydrogen-bond acceptors (Lipinski definition) is 4. The van der Waals surface area contributed by atoms with E-state index in [1.165, 1.54) is 7.11 Å². The van der Waals surface area contributed by atoms with Gasteiger partial charge in [0, 0.05) is 5.56 Å². The number of methoxy groups -OCH3 is 1. The second-order valence-corrected chi connectivity index (χ2v) is 3.13. The van der Waals surface area contributed by atoms with Crippen molar-refractivity contribution in [1.29, 1.82) is 0 Å². The van der Waals surface area contributed by atoms with Crippen LogP contribution in [-0.2, 0) is 4.74 Å². The van der Waals surface area contributed by atoms with Crippen molar-refractivity contribution < 1.29 is 14.3 Å². The van der Waals surface area contributed by atoms with E-state index < -0.39 is 5.97 Å². The van der Waals surface area contributed by atoms with Gasteiger partial charge in [-0.25, -0.2) is 4.79 Å². The largest absolute Gasteiger partial charge is 0.490 e. The van der Waals surface area contributed by atoms with Crippen molar-refractivity contribution in [3.05, 3.63) is 29.3 Å². The molecule has 1 aliphatic rings. The minimum absolute atomic E-state index is 0.144. The van der Waals surface area contributed by atoms with Crippen LogP contribution >= 0.6 is 0 Å². The topological polar surface area (TPSA) is 61.5 Å². The minimum atomic E-state index is -0.393. The van der Waals surface area contributed by atoms with E-state index in [0.29, 0.717) is 17.9 Å². The molecule has 0 saturated heterocycles. The summed E-state index contributed by atoms with van der Waals surface area (Å²) in [6.07, 6.45) is 0. The molecule has 0 amide bonds. The summed E-state index contributed by atoms with van der Waals surface area (Å²) in [5.41, 5.74) is 7.09. The standard InChI is InChI=1S/C10H11NO3/c1-13-10(12)7-4-2-3-6-8(11)5-14-9(6)7/h2-4,8H,5,11H2,1H3. The number of para-hydroxylation sites is 1. The van der Waals surface area contributed by atoms with Crippen LogP contribution in [-0.4, -0.2) is 19.7 Å². The molecule has 1 atom stereocenters. The zero-order valence-corrected chi connectivity index (χ0v) is 7.82. The van der Waals surface area contributed by atoms with E-state index in [1.54, 1.807) is 12.1 Å². The van der Waals surface area contributed by atoms with E-state index in [0.717, 1.165) is 5.56 Å². The fraction of sp³-hybridized carbons (Fsp3) is 0.300. The van der Waals surface area contributed by atoms with E-state index in [4.69, 9.17) is 10.5 Å². The second kappa shape index (κ2) is 3.31. The number of fused-ring (bicyclic) bond motifs is 1. The molecule has 4 nitrogen and oxygen atoms in total. The van der Waals surface area contributed by atoms with E-state index in [1.807, 2.05) is 6.07 Å². The average molecular weight is 193 g/mol. The Labute approximate surface area is 81.6 Å². The molecule has 2 N–H and O–H groups in total. The second-order valence-electron chi connectivity index (χ2n) is 3.13. The fourth-order valence-corrected chi connectivity index (χ4v) is 1.54. The number of ether oxygens (including phenoxy) is 2. The molecule has 1 unspecified atom stereocenters. The molecule has 0 radical (unpaired) electrons. The van der Waals surface area contributed by atoms with Crippen LogP contribution in [0.1, 0.15) is 22.0 Å². The van der Waals surface area contributed by atoms with Crippen molar-refractivity contribution >= 4 is 5.97 Å². The summed E-state index contributed by atoms with van der Waals surface area (Å²) >= 11 is 0. The zero-order valence-electron chi connectivity index (χ0n) is 7.82. The Bertz CT molecular complexity index is 376. The summed E-state index contributed by atoms with van der Waals surface area (Å²) < 4.78 is 9.98. The van der Waals surface area contributed by atoms with Crippen LogP contribution in [0.2, 0.25) is 0 Å². The average Bonchev–Trinajstić information content (AvgIpc) is 2.59. The summed E-state index contributed by atoms with van der Waals surface area (Å²) in [7, 11) is 1.34. The highest BCUT2D eigenvalue weighted by molar-refractivity contribution is 5.93. The Morgan fingerprint density at radius 3 is 3.14 bits per heavy atom. The van der Waals surface area contributed by atoms with Gasteiger partial charge in [-0.2, -0.15) is 0 Å². The monoisotopic (exact) mass is 193 g/mol. The maximum absolute atomic E-state index is 11.3. The summed E-state index contributed by atoms with van der Waals surface area (Å²) in [5, 5.41) is 0. The van der Waals surface area contributed by atoms with Crippen molar-refractivity contribution in [3.8, 4) is 5.75 Å². The molecule has 1 aromatic rings. The Balaban J connectivity index is 2.49. The molecule has 0 aliphatic carbocycles. The molecule has 14 heavy (non-hydrogen) atoms. The van der Waals surface area contributed by atoms with Crippen LogP contribution in [0.15, 0.2) is 18.2 Å². The smallest absolute Gasteiger partial charge is 0.341 e. The molecule has 74 valence electrons. The molecule has 1 aliphatic heterocycles. The first-order chi connectivity index (χ1) is 6.74. The Morgan fingerprint density at radius 2 is 2.43 bits per heavy atom. The lowest BCUT2D eigenvalue weighted by atomic mass is 10.1. The predicted molar refractivity (Wildman–Crippen MR) is 50.2 cm³/mol. The van der Waals surface area contributed by atoms with Gasteiger partial charge in [-0.15, -0.1) is 0 Å². The number of nitrogens with two attached hydrogens (primary N) is 1. The van der Waals surface area contributed by atoms with Gasteiger partial charge in [-0.3, -0.25) is 0 Å². The Hall–Kier alpha value is -1.55. The number of rotatable bonds is 1. The fourth-order valence-electron chi connectivity index (χ4n) is 1.54. The van der Waals surface area contributed by atoms with Gasteiger partial charge in [-0.05, 0) is 6.07 Å². The molecular formula is C10H11NO3. The lowest BCUT2D eigenvalue weighted by Gasteiger charge is -2.05. The molecule has 0 spiro atoms. The van der Waals surface area contributed by atoms with E-state index in [2.05, 4.69) is 4.74 Å². The molecule has 4 heteroatoms. The third-order valence-corrected chi connectivity index (χ3v) is 2.26. The highest BCUT2D eigenvalue weighted by atomic mass is 16.5. The molecule has 0 saturated carbocycles. The van der Waals surface area contributed by atoms with Crippen molar-refractivity contribution in [2.24, 2.45) is 5.73 Å². The normalized spacial score (nSPS) is 18.6. The third-order valence-electron chi connectivity index (χ3n) is 2.26. The molecule has 1 heterocycles. The van der Waals surface area contributed by atoms with Crippen LogP contribution in [0, 0.1) is 0 Å². The van der Waals surface area contributed by atoms with Gasteiger partial charge in [0.25, 0.3) is 0 Å². The number of carbonyl (C=O) groups excluding carboxylic acids is 1. The summed E-state index contributed by atoms with van der Waals surface area (Å²) in [6.45, 7) is 0.420. The van der Waals surface area contributed by atoms with E-state index in [9.17, 15) is 4.79 Å². The number of esters is 1. The van der Waals surface area contributed by atoms with Gasteiger partial charge < -0.3 is 15.2 Å². The lowest BCUT2D eigenvalue weighted by Crippen LogP contribution is -2.10. The first-order valence-corrected chi connectivity index (χ1v) is 4.33. The Morgan fingerprint density at radius 1 is 1.64 bits per heavy atom. The molecule has 1 aromatic carbocycles. The Kier molecular flexibility index (Phi) is 2.13. The van der Waals surface area contributed by atoms with Crippen LogP contribution in [0.25, 0.3) is 0 Å². The molecular weight excluding hydrogens is 182 g/mol. The number of hydrogen-bond donors (Lipinski definition) is 1. The molecule has 0 bridgehead atoms. The van der Waals surface area contributed by atoms with Crippen molar-refractivity contribution in [2.75, 3.05) is 13.7 Å².